The van der Waals surface area contributed by atoms with Gasteiger partial charge in [0.25, 0.3) is 0 Å². The van der Waals surface area contributed by atoms with E-state index in [0.29, 0.717) is 10.5 Å². The highest BCUT2D eigenvalue weighted by Crippen LogP contribution is 2.41. The highest BCUT2D eigenvalue weighted by molar-refractivity contribution is 14.1. The Bertz CT molecular complexity index is 375. The maximum absolute atomic E-state index is 4.60. The number of rotatable bonds is 2. The second-order valence-electron chi connectivity index (χ2n) is 3.54. The van der Waals surface area contributed by atoms with Crippen LogP contribution in [-0.4, -0.2) is 33.8 Å². The van der Waals surface area contributed by atoms with E-state index in [1.165, 1.54) is 11.5 Å². The molecule has 1 saturated heterocycles. The van der Waals surface area contributed by atoms with E-state index in [1.54, 1.807) is 0 Å². The van der Waals surface area contributed by atoms with E-state index in [-0.39, 0.29) is 0 Å². The summed E-state index contributed by atoms with van der Waals surface area (Å²) in [6, 6.07) is 0. The van der Waals surface area contributed by atoms with Crippen LogP contribution in [-0.2, 0) is 0 Å². The topological polar surface area (TPSA) is 37.8 Å². The summed E-state index contributed by atoms with van der Waals surface area (Å²) < 4.78 is 1.07. The molecule has 6 heteroatoms. The average molecular weight is 367 g/mol. The van der Waals surface area contributed by atoms with Gasteiger partial charge < -0.3 is 5.32 Å². The van der Waals surface area contributed by atoms with Crippen molar-refractivity contribution in [1.82, 2.24) is 9.97 Å². The van der Waals surface area contributed by atoms with Gasteiger partial charge in [0.1, 0.15) is 11.6 Å². The molecule has 3 nitrogen and oxygen atoms in total. The fourth-order valence-electron chi connectivity index (χ4n) is 1.61. The van der Waals surface area contributed by atoms with Gasteiger partial charge in [0.05, 0.1) is 8.82 Å². The van der Waals surface area contributed by atoms with Crippen LogP contribution in [0.25, 0.3) is 0 Å². The van der Waals surface area contributed by atoms with Gasteiger partial charge in [-0.05, 0) is 22.6 Å². The summed E-state index contributed by atoms with van der Waals surface area (Å²) in [5.74, 6) is 4.35. The van der Waals surface area contributed by atoms with E-state index < -0.39 is 0 Å². The quantitative estimate of drug-likeness (QED) is 0.814. The summed E-state index contributed by atoms with van der Waals surface area (Å²) in [4.78, 5) is 9.07. The second-order valence-corrected chi connectivity index (χ2v) is 7.44. The summed E-state index contributed by atoms with van der Waals surface area (Å²) in [5.41, 5.74) is 0. The molecule has 1 aromatic heterocycles. The Morgan fingerprint density at radius 2 is 2.19 bits per heavy atom. The fourth-order valence-corrected chi connectivity index (χ4v) is 4.84. The predicted molar refractivity (Wildman–Crippen MR) is 81.4 cm³/mol. The maximum Gasteiger partial charge on any atom is 0.144 e. The van der Waals surface area contributed by atoms with Crippen molar-refractivity contribution < 1.29 is 0 Å². The van der Waals surface area contributed by atoms with Gasteiger partial charge >= 0.3 is 0 Å². The third-order valence-electron chi connectivity index (χ3n) is 2.44. The molecule has 16 heavy (non-hydrogen) atoms. The molecule has 88 valence electrons. The van der Waals surface area contributed by atoms with Crippen LogP contribution in [0.5, 0.6) is 0 Å². The minimum Gasteiger partial charge on any atom is -0.372 e. The Kier molecular flexibility index (Phi) is 4.60. The monoisotopic (exact) mass is 367 g/mol. The smallest absolute Gasteiger partial charge is 0.144 e. The summed E-state index contributed by atoms with van der Waals surface area (Å²) in [6.07, 6.45) is 1.90. The second kappa shape index (κ2) is 5.77. The Balaban J connectivity index is 2.25. The van der Waals surface area contributed by atoms with Crippen LogP contribution in [0.15, 0.2) is 6.20 Å². The third kappa shape index (κ3) is 2.76. The molecular weight excluding hydrogens is 353 g/mol. The van der Waals surface area contributed by atoms with Gasteiger partial charge in [-0.1, -0.05) is 6.92 Å². The number of halogens is 1. The number of thioether (sulfide) groups is 2. The minimum atomic E-state index is 0.433. The first kappa shape index (κ1) is 12.8. The van der Waals surface area contributed by atoms with Gasteiger partial charge in [0.15, 0.2) is 0 Å². The van der Waals surface area contributed by atoms with Gasteiger partial charge in [-0.15, -0.1) is 11.8 Å². The highest BCUT2D eigenvalue weighted by Gasteiger charge is 2.26. The molecule has 2 heterocycles. The molecule has 0 amide bonds. The lowest BCUT2D eigenvalue weighted by molar-refractivity contribution is 0.822. The molecule has 0 radical (unpaired) electrons. The molecule has 2 rings (SSSR count). The summed E-state index contributed by atoms with van der Waals surface area (Å²) in [5, 5.41) is 4.15. The van der Waals surface area contributed by atoms with Gasteiger partial charge in [0.2, 0.25) is 0 Å². The first-order chi connectivity index (χ1) is 7.72. The molecule has 1 aliphatic heterocycles. The lowest BCUT2D eigenvalue weighted by Gasteiger charge is -2.26. The van der Waals surface area contributed by atoms with Crippen molar-refractivity contribution in [2.75, 3.05) is 23.9 Å². The zero-order valence-corrected chi connectivity index (χ0v) is 13.0. The summed E-state index contributed by atoms with van der Waals surface area (Å²) in [6.45, 7) is 2.27. The third-order valence-corrected chi connectivity index (χ3v) is 6.32. The van der Waals surface area contributed by atoms with Crippen LogP contribution in [0.1, 0.15) is 18.0 Å². The molecule has 0 bridgehead atoms. The summed E-state index contributed by atoms with van der Waals surface area (Å²) >= 11 is 6.24. The van der Waals surface area contributed by atoms with Crippen molar-refractivity contribution >= 4 is 51.9 Å². The van der Waals surface area contributed by atoms with Crippen molar-refractivity contribution in [3.05, 3.63) is 15.6 Å². The molecule has 1 aromatic rings. The van der Waals surface area contributed by atoms with Gasteiger partial charge in [-0.2, -0.15) is 11.8 Å². The summed E-state index contributed by atoms with van der Waals surface area (Å²) in [7, 11) is 1.90. The molecule has 0 spiro atoms. The zero-order valence-electron chi connectivity index (χ0n) is 9.24. The van der Waals surface area contributed by atoms with Crippen LogP contribution < -0.4 is 5.32 Å². The van der Waals surface area contributed by atoms with Crippen molar-refractivity contribution in [3.63, 3.8) is 0 Å². The van der Waals surface area contributed by atoms with E-state index in [4.69, 9.17) is 0 Å². The Hall–Kier alpha value is 0.310. The molecule has 0 aliphatic carbocycles. The van der Waals surface area contributed by atoms with E-state index in [1.807, 2.05) is 36.8 Å². The Morgan fingerprint density at radius 3 is 2.88 bits per heavy atom. The van der Waals surface area contributed by atoms with Gasteiger partial charge in [-0.3, -0.25) is 0 Å². The number of aromatic nitrogens is 2. The number of hydrogen-bond donors (Lipinski definition) is 1. The van der Waals surface area contributed by atoms with Gasteiger partial charge in [0, 0.05) is 30.0 Å². The van der Waals surface area contributed by atoms with Crippen molar-refractivity contribution in [2.45, 2.75) is 17.4 Å². The fraction of sp³-hybridized carbons (Fsp3) is 0.600. The molecule has 1 fully saturated rings. The molecule has 1 aliphatic rings. The van der Waals surface area contributed by atoms with Crippen LogP contribution >= 0.6 is 46.1 Å². The van der Waals surface area contributed by atoms with Crippen LogP contribution in [0.2, 0.25) is 0 Å². The zero-order chi connectivity index (χ0) is 11.5. The van der Waals surface area contributed by atoms with Gasteiger partial charge in [-0.25, -0.2) is 9.97 Å². The lowest BCUT2D eigenvalue weighted by Crippen LogP contribution is -2.18. The van der Waals surface area contributed by atoms with E-state index in [9.17, 15) is 0 Å². The predicted octanol–water partition coefficient (Wildman–Crippen LogP) is 3.03. The van der Waals surface area contributed by atoms with Crippen molar-refractivity contribution in [3.8, 4) is 0 Å². The molecule has 1 N–H and O–H groups in total. The normalized spacial score (nSPS) is 25.4. The Morgan fingerprint density at radius 1 is 1.44 bits per heavy atom. The first-order valence-corrected chi connectivity index (χ1v) is 8.33. The van der Waals surface area contributed by atoms with Crippen LogP contribution in [0.4, 0.5) is 5.82 Å². The van der Waals surface area contributed by atoms with Crippen molar-refractivity contribution in [2.24, 2.45) is 0 Å². The molecule has 2 unspecified atom stereocenters. The Labute approximate surface area is 118 Å². The van der Waals surface area contributed by atoms with E-state index in [0.717, 1.165) is 15.2 Å². The molecule has 2 atom stereocenters. The minimum absolute atomic E-state index is 0.433. The number of hydrogen-bond acceptors (Lipinski definition) is 5. The molecule has 0 saturated carbocycles. The molecular formula is C10H14IN3S2. The van der Waals surface area contributed by atoms with Crippen LogP contribution in [0, 0.1) is 3.57 Å². The number of anilines is 1. The van der Waals surface area contributed by atoms with Crippen LogP contribution in [0.3, 0.4) is 0 Å². The molecule has 0 aromatic carbocycles. The largest absolute Gasteiger partial charge is 0.372 e. The van der Waals surface area contributed by atoms with E-state index in [2.05, 4.69) is 44.8 Å². The van der Waals surface area contributed by atoms with Crippen molar-refractivity contribution in [1.29, 1.82) is 0 Å². The standard InChI is InChI=1S/C10H14IN3S2/c1-6-8(16-4-3-15-6)10-13-5-7(11)9(12-2)14-10/h5-6,8H,3-4H2,1-2H3,(H,12,13,14). The SMILES string of the molecule is CNc1nc(C2SCCSC2C)ncc1I. The first-order valence-electron chi connectivity index (χ1n) is 5.15. The van der Waals surface area contributed by atoms with E-state index >= 15 is 0 Å². The number of nitrogens with zero attached hydrogens (tertiary/aromatic N) is 2. The maximum atomic E-state index is 4.60. The number of nitrogens with one attached hydrogen (secondary N) is 1. The highest BCUT2D eigenvalue weighted by atomic mass is 127. The lowest BCUT2D eigenvalue weighted by atomic mass is 10.3. The average Bonchev–Trinajstić information content (AvgIpc) is 2.31.